The van der Waals surface area contributed by atoms with Gasteiger partial charge in [-0.15, -0.1) is 22.0 Å². The van der Waals surface area contributed by atoms with E-state index in [9.17, 15) is 24.3 Å². The zero-order valence-corrected chi connectivity index (χ0v) is 19.8. The topological polar surface area (TPSA) is 229 Å². The molecule has 0 spiro atoms. The van der Waals surface area contributed by atoms with E-state index >= 15 is 0 Å². The van der Waals surface area contributed by atoms with Gasteiger partial charge in [0.2, 0.25) is 11.1 Å². The fraction of sp³-hybridized carbons (Fsp3) is 0.500. The lowest BCUT2D eigenvalue weighted by Crippen LogP contribution is -2.70. The number of tetrazole rings is 2. The monoisotopic (exact) mass is 524 g/mol. The molecule has 0 aliphatic carbocycles. The summed E-state index contributed by atoms with van der Waals surface area (Å²) in [7, 11) is 0. The van der Waals surface area contributed by atoms with E-state index in [0.717, 1.165) is 0 Å². The maximum atomic E-state index is 12.8. The highest BCUT2D eigenvalue weighted by atomic mass is 32.2. The van der Waals surface area contributed by atoms with Crippen molar-refractivity contribution in [3.63, 3.8) is 0 Å². The Morgan fingerprint density at radius 3 is 2.83 bits per heavy atom. The molecule has 0 radical (unpaired) electrons. The number of rotatable bonds is 10. The lowest BCUT2D eigenvalue weighted by atomic mass is 10.0. The quantitative estimate of drug-likeness (QED) is 0.183. The molecule has 3 atom stereocenters. The standard InChI is InChI=1S/C16H20N12O5S2/c1-7(35-16-21-23-25-27(16)3-2-18-15(17)33)8-5-34-13-10(12(30)28(13)11(8)14(31)32)20-9(29)4-26-6-19-22-24-26/h6-7,10,13H,2-5H2,1H3,(H,20,29)(H,31,32)(H3,17,18,33)/t7?,10?,13-/m1/s1. The summed E-state index contributed by atoms with van der Waals surface area (Å²) in [5.74, 6) is -1.89. The summed E-state index contributed by atoms with van der Waals surface area (Å²) in [6.45, 7) is 2.10. The second kappa shape index (κ2) is 10.3. The van der Waals surface area contributed by atoms with Gasteiger partial charge < -0.3 is 21.5 Å². The number of thioether (sulfide) groups is 2. The SMILES string of the molecule is CC(Sc1nnnn1CCNC(N)=O)C1=C(C(=O)O)N2C(=O)C(NC(=O)Cn3cnnn3)[C@H]2SC1. The number of nitrogens with two attached hydrogens (primary N) is 1. The van der Waals surface area contributed by atoms with Crippen molar-refractivity contribution in [3.8, 4) is 0 Å². The normalized spacial score (nSPS) is 20.1. The molecular formula is C16H20N12O5S2. The van der Waals surface area contributed by atoms with Gasteiger partial charge in [-0.1, -0.05) is 11.8 Å². The van der Waals surface area contributed by atoms with E-state index in [-0.39, 0.29) is 30.6 Å². The van der Waals surface area contributed by atoms with Crippen molar-refractivity contribution in [2.45, 2.75) is 41.8 Å². The van der Waals surface area contributed by atoms with Gasteiger partial charge in [0, 0.05) is 17.5 Å². The number of β-lactam (4-membered cyclic amide) rings is 1. The molecule has 4 amide bonds. The van der Waals surface area contributed by atoms with E-state index in [0.29, 0.717) is 16.5 Å². The Hall–Kier alpha value is -3.74. The largest absolute Gasteiger partial charge is 0.477 e. The first-order valence-electron chi connectivity index (χ1n) is 10.1. The average molecular weight is 525 g/mol. The van der Waals surface area contributed by atoms with Gasteiger partial charge in [-0.2, -0.15) is 0 Å². The number of urea groups is 1. The summed E-state index contributed by atoms with van der Waals surface area (Å²) in [5.41, 5.74) is 5.47. The minimum Gasteiger partial charge on any atom is -0.477 e. The third-order valence-electron chi connectivity index (χ3n) is 5.11. The molecule has 0 bridgehead atoms. The van der Waals surface area contributed by atoms with Gasteiger partial charge in [-0.05, 0) is 33.4 Å². The van der Waals surface area contributed by atoms with Crippen LogP contribution in [0.4, 0.5) is 4.79 Å². The van der Waals surface area contributed by atoms with Gasteiger partial charge >= 0.3 is 12.0 Å². The molecule has 0 saturated carbocycles. The number of aliphatic carboxylic acids is 1. The van der Waals surface area contributed by atoms with Crippen molar-refractivity contribution in [3.05, 3.63) is 17.6 Å². The first-order valence-corrected chi connectivity index (χ1v) is 12.1. The minimum absolute atomic E-state index is 0.112. The van der Waals surface area contributed by atoms with E-state index in [2.05, 4.69) is 41.7 Å². The minimum atomic E-state index is -1.24. The Morgan fingerprint density at radius 1 is 1.34 bits per heavy atom. The summed E-state index contributed by atoms with van der Waals surface area (Å²) in [6, 6.07) is -1.53. The molecule has 19 heteroatoms. The molecule has 2 aliphatic heterocycles. The van der Waals surface area contributed by atoms with E-state index in [1.807, 2.05) is 0 Å². The number of hydrogen-bond acceptors (Lipinski definition) is 12. The van der Waals surface area contributed by atoms with Crippen LogP contribution < -0.4 is 16.4 Å². The second-order valence-corrected chi connectivity index (χ2v) is 9.79. The van der Waals surface area contributed by atoms with Gasteiger partial charge in [-0.25, -0.2) is 19.0 Å². The first-order chi connectivity index (χ1) is 16.8. The molecule has 1 fully saturated rings. The molecule has 4 heterocycles. The Kier molecular flexibility index (Phi) is 7.15. The number of carboxylic acid groups (broad SMARTS) is 1. The van der Waals surface area contributed by atoms with E-state index in [1.165, 1.54) is 44.1 Å². The van der Waals surface area contributed by atoms with Crippen LogP contribution in [0.15, 0.2) is 22.8 Å². The molecular weight excluding hydrogens is 504 g/mol. The molecule has 186 valence electrons. The zero-order chi connectivity index (χ0) is 25.1. The smallest absolute Gasteiger partial charge is 0.352 e. The number of hydrogen-bond donors (Lipinski definition) is 4. The molecule has 4 rings (SSSR count). The van der Waals surface area contributed by atoms with Gasteiger partial charge in [0.25, 0.3) is 5.91 Å². The number of primary amides is 1. The Labute approximate surface area is 205 Å². The second-order valence-electron chi connectivity index (χ2n) is 7.38. The summed E-state index contributed by atoms with van der Waals surface area (Å²) < 4.78 is 2.67. The zero-order valence-electron chi connectivity index (χ0n) is 18.1. The Balaban J connectivity index is 1.44. The van der Waals surface area contributed by atoms with E-state index < -0.39 is 35.2 Å². The van der Waals surface area contributed by atoms with Crippen LogP contribution in [0.3, 0.4) is 0 Å². The van der Waals surface area contributed by atoms with Crippen molar-refractivity contribution >= 4 is 47.3 Å². The number of nitrogens with zero attached hydrogens (tertiary/aromatic N) is 9. The van der Waals surface area contributed by atoms with Crippen molar-refractivity contribution in [2.75, 3.05) is 12.3 Å². The van der Waals surface area contributed by atoms with Crippen LogP contribution >= 0.6 is 23.5 Å². The number of fused-ring (bicyclic) bond motifs is 1. The fourth-order valence-electron chi connectivity index (χ4n) is 3.51. The molecule has 2 aliphatic rings. The van der Waals surface area contributed by atoms with Crippen LogP contribution in [0.25, 0.3) is 0 Å². The molecule has 2 unspecified atom stereocenters. The van der Waals surface area contributed by atoms with Gasteiger partial charge in [0.15, 0.2) is 0 Å². The third-order valence-corrected chi connectivity index (χ3v) is 7.55. The van der Waals surface area contributed by atoms with Crippen LogP contribution in [0.1, 0.15) is 6.92 Å². The lowest BCUT2D eigenvalue weighted by molar-refractivity contribution is -0.150. The van der Waals surface area contributed by atoms with Gasteiger partial charge in [0.1, 0.15) is 30.0 Å². The summed E-state index contributed by atoms with van der Waals surface area (Å²) in [6.07, 6.45) is 1.27. The van der Waals surface area contributed by atoms with Crippen molar-refractivity contribution in [1.29, 1.82) is 0 Å². The van der Waals surface area contributed by atoms with Gasteiger partial charge in [-0.3, -0.25) is 14.5 Å². The summed E-state index contributed by atoms with van der Waals surface area (Å²) >= 11 is 2.58. The number of nitrogens with one attached hydrogen (secondary N) is 2. The van der Waals surface area contributed by atoms with Crippen molar-refractivity contribution < 1.29 is 24.3 Å². The molecule has 5 N–H and O–H groups in total. The highest BCUT2D eigenvalue weighted by Gasteiger charge is 2.54. The molecule has 35 heavy (non-hydrogen) atoms. The van der Waals surface area contributed by atoms with Crippen LogP contribution in [0, 0.1) is 0 Å². The summed E-state index contributed by atoms with van der Waals surface area (Å²) in [5, 5.41) is 36.4. The lowest BCUT2D eigenvalue weighted by Gasteiger charge is -2.50. The number of carbonyl (C=O) groups excluding carboxylic acids is 3. The van der Waals surface area contributed by atoms with Crippen LogP contribution in [-0.2, 0) is 27.5 Å². The molecule has 2 aromatic rings. The fourth-order valence-corrected chi connectivity index (χ4v) is 6.07. The van der Waals surface area contributed by atoms with E-state index in [1.54, 1.807) is 6.92 Å². The molecule has 0 aromatic carbocycles. The van der Waals surface area contributed by atoms with E-state index in [4.69, 9.17) is 5.73 Å². The molecule has 2 aromatic heterocycles. The molecule has 17 nitrogen and oxygen atoms in total. The highest BCUT2D eigenvalue weighted by Crippen LogP contribution is 2.43. The highest BCUT2D eigenvalue weighted by molar-refractivity contribution is 8.01. The summed E-state index contributed by atoms with van der Waals surface area (Å²) in [4.78, 5) is 49.3. The predicted octanol–water partition coefficient (Wildman–Crippen LogP) is -2.75. The van der Waals surface area contributed by atoms with Crippen LogP contribution in [0.5, 0.6) is 0 Å². The van der Waals surface area contributed by atoms with Gasteiger partial charge in [0.05, 0.1) is 6.54 Å². The molecule has 1 saturated heterocycles. The third kappa shape index (κ3) is 5.19. The Bertz CT molecular complexity index is 1170. The number of aromatic nitrogens is 8. The first kappa shape index (κ1) is 24.4. The maximum Gasteiger partial charge on any atom is 0.352 e. The predicted molar refractivity (Wildman–Crippen MR) is 118 cm³/mol. The number of carbonyl (C=O) groups is 4. The van der Waals surface area contributed by atoms with Crippen LogP contribution in [-0.4, -0.2) is 103 Å². The number of carboxylic acids is 1. The van der Waals surface area contributed by atoms with Crippen molar-refractivity contribution in [2.24, 2.45) is 5.73 Å². The average Bonchev–Trinajstić information content (AvgIpc) is 3.48. The number of amides is 4. The maximum absolute atomic E-state index is 12.8. The van der Waals surface area contributed by atoms with Crippen molar-refractivity contribution in [1.82, 2.24) is 55.9 Å². The van der Waals surface area contributed by atoms with Crippen LogP contribution in [0.2, 0.25) is 0 Å². The Morgan fingerprint density at radius 2 is 2.14 bits per heavy atom.